The monoisotopic (exact) mass is 260 g/mol. The Bertz CT molecular complexity index is 523. The summed E-state index contributed by atoms with van der Waals surface area (Å²) in [7, 11) is 0. The van der Waals surface area contributed by atoms with Gasteiger partial charge in [0.2, 0.25) is 0 Å². The van der Waals surface area contributed by atoms with E-state index in [1.54, 1.807) is 0 Å². The van der Waals surface area contributed by atoms with Crippen LogP contribution in [-0.2, 0) is 5.41 Å². The molecule has 0 bridgehead atoms. The first-order chi connectivity index (χ1) is 8.44. The van der Waals surface area contributed by atoms with E-state index in [0.29, 0.717) is 0 Å². The van der Waals surface area contributed by atoms with Crippen LogP contribution in [-0.4, -0.2) is 28.6 Å². The van der Waals surface area contributed by atoms with Crippen LogP contribution in [0.3, 0.4) is 0 Å². The highest BCUT2D eigenvalue weighted by Crippen LogP contribution is 2.55. The van der Waals surface area contributed by atoms with Crippen molar-refractivity contribution in [3.63, 3.8) is 0 Å². The maximum absolute atomic E-state index is 5.58. The Morgan fingerprint density at radius 1 is 1.22 bits per heavy atom. The van der Waals surface area contributed by atoms with Gasteiger partial charge in [0.15, 0.2) is 0 Å². The molecule has 2 heterocycles. The molecule has 1 unspecified atom stereocenters. The normalized spacial score (nSPS) is 28.6. The third kappa shape index (κ3) is 1.11. The number of rotatable bonds is 1. The maximum atomic E-state index is 5.58. The minimum atomic E-state index is -0.0253. The quantitative estimate of drug-likeness (QED) is 0.716. The third-order valence-electron chi connectivity index (χ3n) is 5.01. The van der Waals surface area contributed by atoms with E-state index in [9.17, 15) is 0 Å². The predicted molar refractivity (Wildman–Crippen MR) is 80.2 cm³/mol. The van der Waals surface area contributed by atoms with E-state index in [1.807, 2.05) is 0 Å². The molecule has 0 radical (unpaired) electrons. The number of anilines is 1. The molecule has 18 heavy (non-hydrogen) atoms. The summed E-state index contributed by atoms with van der Waals surface area (Å²) in [5.74, 6) is 0. The molecule has 0 N–H and O–H groups in total. The lowest BCUT2D eigenvalue weighted by atomic mass is 9.76. The lowest BCUT2D eigenvalue weighted by molar-refractivity contribution is 0.145. The van der Waals surface area contributed by atoms with Crippen molar-refractivity contribution in [3.8, 4) is 0 Å². The fourth-order valence-corrected chi connectivity index (χ4v) is 4.17. The number of para-hydroxylation sites is 1. The van der Waals surface area contributed by atoms with Gasteiger partial charge < -0.3 is 9.80 Å². The van der Waals surface area contributed by atoms with Crippen LogP contribution in [0.15, 0.2) is 24.3 Å². The first kappa shape index (κ1) is 12.0. The van der Waals surface area contributed by atoms with Crippen LogP contribution in [0.2, 0.25) is 0 Å². The first-order valence-corrected chi connectivity index (χ1v) is 7.03. The average Bonchev–Trinajstić information content (AvgIpc) is 2.69. The lowest BCUT2D eigenvalue weighted by Gasteiger charge is -2.46. The van der Waals surface area contributed by atoms with Crippen LogP contribution in [0.5, 0.6) is 0 Å². The van der Waals surface area contributed by atoms with Crippen LogP contribution in [0.4, 0.5) is 5.69 Å². The number of thiocarbonyl (C=S) groups is 1. The van der Waals surface area contributed by atoms with E-state index >= 15 is 0 Å². The molecule has 0 amide bonds. The molecule has 1 atom stereocenters. The van der Waals surface area contributed by atoms with Crippen molar-refractivity contribution in [2.45, 2.75) is 38.8 Å². The fourth-order valence-electron chi connectivity index (χ4n) is 3.73. The van der Waals surface area contributed by atoms with Crippen LogP contribution in [0.25, 0.3) is 0 Å². The zero-order valence-corrected chi connectivity index (χ0v) is 12.3. The lowest BCUT2D eigenvalue weighted by Crippen LogP contribution is -2.59. The highest BCUT2D eigenvalue weighted by Gasteiger charge is 2.60. The van der Waals surface area contributed by atoms with Gasteiger partial charge in [-0.15, -0.1) is 0 Å². The van der Waals surface area contributed by atoms with Crippen molar-refractivity contribution in [1.29, 1.82) is 0 Å². The molecule has 0 spiro atoms. The summed E-state index contributed by atoms with van der Waals surface area (Å²) in [4.78, 5) is 5.94. The zero-order valence-electron chi connectivity index (χ0n) is 11.5. The van der Waals surface area contributed by atoms with Crippen molar-refractivity contribution in [2.24, 2.45) is 0 Å². The molecule has 2 aliphatic rings. The van der Waals surface area contributed by atoms with Crippen molar-refractivity contribution in [2.75, 3.05) is 18.0 Å². The third-order valence-corrected chi connectivity index (χ3v) is 5.36. The molecule has 1 aromatic rings. The highest BCUT2D eigenvalue weighted by atomic mass is 32.1. The average molecular weight is 260 g/mol. The van der Waals surface area contributed by atoms with Crippen molar-refractivity contribution in [3.05, 3.63) is 29.8 Å². The van der Waals surface area contributed by atoms with E-state index < -0.39 is 0 Å². The second-order valence-corrected chi connectivity index (χ2v) is 6.36. The Morgan fingerprint density at radius 3 is 2.56 bits per heavy atom. The van der Waals surface area contributed by atoms with Gasteiger partial charge in [-0.25, -0.2) is 0 Å². The minimum Gasteiger partial charge on any atom is -0.341 e. The molecule has 2 aliphatic heterocycles. The Kier molecular flexibility index (Phi) is 2.31. The first-order valence-electron chi connectivity index (χ1n) is 6.62. The largest absolute Gasteiger partial charge is 0.341 e. The van der Waals surface area contributed by atoms with Gasteiger partial charge in [-0.1, -0.05) is 44.3 Å². The molecular weight excluding hydrogens is 240 g/mol. The van der Waals surface area contributed by atoms with E-state index in [4.69, 9.17) is 12.2 Å². The molecule has 2 nitrogen and oxygen atoms in total. The number of likely N-dealkylation sites (N-methyl/N-ethyl adjacent to an activating group) is 1. The number of hydrogen-bond acceptors (Lipinski definition) is 2. The van der Waals surface area contributed by atoms with Gasteiger partial charge in [0, 0.05) is 17.6 Å². The summed E-state index contributed by atoms with van der Waals surface area (Å²) in [6.45, 7) is 11.0. The number of fused-ring (bicyclic) bond motifs is 3. The standard InChI is InChI=1S/C15H20N2S/c1-5-16-13(18)10-17-12-9-7-6-8-11(12)14(2,3)15(16,17)4/h6-9H,5,10H2,1-4H3. The summed E-state index contributed by atoms with van der Waals surface area (Å²) in [5.41, 5.74) is 2.85. The Balaban J connectivity index is 2.25. The Labute approximate surface area is 115 Å². The summed E-state index contributed by atoms with van der Waals surface area (Å²) >= 11 is 5.58. The molecule has 1 aromatic carbocycles. The minimum absolute atomic E-state index is 0.0253. The maximum Gasteiger partial charge on any atom is 0.120 e. The molecule has 0 aliphatic carbocycles. The molecule has 0 aromatic heterocycles. The molecule has 3 heteroatoms. The molecule has 1 fully saturated rings. The summed E-state index contributed by atoms with van der Waals surface area (Å²) in [5, 5.41) is 0. The predicted octanol–water partition coefficient (Wildman–Crippen LogP) is 3.16. The second kappa shape index (κ2) is 3.47. The Hall–Kier alpha value is -1.09. The molecule has 0 saturated carbocycles. The summed E-state index contributed by atoms with van der Waals surface area (Å²) in [6, 6.07) is 8.75. The Morgan fingerprint density at radius 2 is 1.89 bits per heavy atom. The summed E-state index contributed by atoms with van der Waals surface area (Å²) in [6.07, 6.45) is 0. The SMILES string of the molecule is CCN1C(=S)CN2c3ccccc3C(C)(C)C12C. The number of benzene rings is 1. The van der Waals surface area contributed by atoms with Crippen molar-refractivity contribution >= 4 is 22.9 Å². The van der Waals surface area contributed by atoms with Gasteiger partial charge in [-0.3, -0.25) is 0 Å². The highest BCUT2D eigenvalue weighted by molar-refractivity contribution is 7.80. The summed E-state index contributed by atoms with van der Waals surface area (Å²) < 4.78 is 0. The zero-order chi connectivity index (χ0) is 13.1. The number of nitrogens with zero attached hydrogens (tertiary/aromatic N) is 2. The van der Waals surface area contributed by atoms with Crippen molar-refractivity contribution < 1.29 is 0 Å². The van der Waals surface area contributed by atoms with Crippen molar-refractivity contribution in [1.82, 2.24) is 4.90 Å². The van der Waals surface area contributed by atoms with Gasteiger partial charge in [0.25, 0.3) is 0 Å². The number of hydrogen-bond donors (Lipinski definition) is 0. The molecular formula is C15H20N2S. The van der Waals surface area contributed by atoms with Crippen LogP contribution >= 0.6 is 12.2 Å². The van der Waals surface area contributed by atoms with Crippen LogP contribution < -0.4 is 4.90 Å². The van der Waals surface area contributed by atoms with E-state index in [0.717, 1.165) is 18.1 Å². The van der Waals surface area contributed by atoms with E-state index in [-0.39, 0.29) is 11.1 Å². The van der Waals surface area contributed by atoms with E-state index in [1.165, 1.54) is 11.3 Å². The molecule has 96 valence electrons. The van der Waals surface area contributed by atoms with Gasteiger partial charge in [0.1, 0.15) is 5.66 Å². The van der Waals surface area contributed by atoms with Crippen LogP contribution in [0, 0.1) is 0 Å². The van der Waals surface area contributed by atoms with Gasteiger partial charge in [-0.2, -0.15) is 0 Å². The van der Waals surface area contributed by atoms with Gasteiger partial charge in [-0.05, 0) is 25.5 Å². The molecule has 3 rings (SSSR count). The smallest absolute Gasteiger partial charge is 0.120 e. The van der Waals surface area contributed by atoms with Gasteiger partial charge >= 0.3 is 0 Å². The fraction of sp³-hybridized carbons (Fsp3) is 0.533. The molecule has 1 saturated heterocycles. The van der Waals surface area contributed by atoms with Crippen LogP contribution in [0.1, 0.15) is 33.3 Å². The van der Waals surface area contributed by atoms with E-state index in [2.05, 4.69) is 61.8 Å². The van der Waals surface area contributed by atoms with Gasteiger partial charge in [0.05, 0.1) is 11.5 Å². The topological polar surface area (TPSA) is 6.48 Å². The second-order valence-electron chi connectivity index (χ2n) is 5.89.